The lowest BCUT2D eigenvalue weighted by molar-refractivity contribution is 0.122. The Bertz CT molecular complexity index is 9270. The maximum atomic E-state index is 13.4. The van der Waals surface area contributed by atoms with E-state index in [-0.39, 0.29) is 9.79 Å². The molecule has 18 aromatic heterocycles. The molecule has 145 heavy (non-hydrogen) atoms. The highest BCUT2D eigenvalue weighted by Crippen LogP contribution is 2.36. The number of benzene rings is 7. The first-order valence-corrected chi connectivity index (χ1v) is 49.3. The van der Waals surface area contributed by atoms with Gasteiger partial charge in [0.25, 0.3) is 20.0 Å². The molecule has 0 spiro atoms. The lowest BCUT2D eigenvalue weighted by Gasteiger charge is -2.28. The summed E-state index contributed by atoms with van der Waals surface area (Å²) in [6.07, 6.45) is 35.2. The molecule has 1 fully saturated rings. The van der Waals surface area contributed by atoms with Gasteiger partial charge in [-0.15, -0.1) is 4.91 Å². The van der Waals surface area contributed by atoms with Crippen LogP contribution in [0.4, 0.5) is 17.1 Å². The third-order valence-electron chi connectivity index (χ3n) is 24.0. The third kappa shape index (κ3) is 20.7. The van der Waals surface area contributed by atoms with Crippen LogP contribution >= 0.6 is 23.2 Å². The third-order valence-corrected chi connectivity index (χ3v) is 27.7. The molecule has 0 amide bonds. The highest BCUT2D eigenvalue weighted by molar-refractivity contribution is 7.90. The smallest absolute Gasteiger partial charge is 0.284 e. The number of ether oxygens (including phenoxy) is 2. The van der Waals surface area contributed by atoms with Crippen LogP contribution in [0.3, 0.4) is 0 Å². The van der Waals surface area contributed by atoms with E-state index in [0.717, 1.165) is 190 Å². The molecule has 39 heteroatoms. The minimum Gasteiger partial charge on any atom is -0.494 e. The standard InChI is InChI=1S/C24H22N6O.2C20H15N5O2S.C14H13N3O.C12H7Cl2N3.C8H7N3O.C8H9N3/c1-2-18-15-28-30(24(18)25-7-1)16-20-14-27-23-22(20)12-19(13-26-23)17-3-5-21(6-4-17)29-8-10-31-11-9-29;1-24-13-16(11-22-24)15-9-19-18(21-10-15)12-23-25(19)28(26,27)20-8-4-6-14-5-2-3-7-17(14)20;1-24-13-17(11-22-24)16-9-20-19(21-10-16)12-23-25(20)28(26,27)18-7-6-14-4-2-3-5-15(14)8-18;1-2-18-12-5-3-4-10(6-12)11-7-13-14(15-8-11)9-16-17-13;13-9-1-7(2-10(14)4-9)8-3-11-12(15-5-8)6-16-17-11;1-6-4-9-8-3-2-7(10-12)5-11(6)8;1-6-4-10-8-3-2-7(9)5-11(6)8/h1-7,12-15H,8-11,16H2,(H,26,27);2*2-13H,1H3;3-9H,2H2,1H3,(H,16,17);1-6H,(H,16,17);2-5H,1H3;2-5H,9H2,1H3. The second-order valence-electron chi connectivity index (χ2n) is 33.7. The Balaban J connectivity index is 0.000000106. The van der Waals surface area contributed by atoms with Crippen molar-refractivity contribution in [3.05, 3.63) is 374 Å². The molecule has 720 valence electrons. The topological polar surface area (TPSA) is 420 Å². The van der Waals surface area contributed by atoms with E-state index in [9.17, 15) is 21.7 Å². The first kappa shape index (κ1) is 94.7. The summed E-state index contributed by atoms with van der Waals surface area (Å²) in [5, 5.41) is 44.3. The number of imidazole rings is 2. The van der Waals surface area contributed by atoms with Crippen molar-refractivity contribution in [3.8, 4) is 61.4 Å². The lowest BCUT2D eigenvalue weighted by atomic mass is 10.0. The van der Waals surface area contributed by atoms with E-state index < -0.39 is 20.0 Å². The minimum absolute atomic E-state index is 0.183. The molecule has 0 unspecified atom stereocenters. The van der Waals surface area contributed by atoms with Crippen LogP contribution in [0.2, 0.25) is 10.0 Å². The van der Waals surface area contributed by atoms with Crippen LogP contribution < -0.4 is 15.4 Å². The number of pyridine rings is 8. The molecule has 25 aromatic rings. The van der Waals surface area contributed by atoms with Crippen molar-refractivity contribution in [2.24, 2.45) is 19.3 Å². The van der Waals surface area contributed by atoms with Gasteiger partial charge in [0.15, 0.2) is 5.65 Å². The molecule has 0 bridgehead atoms. The zero-order valence-electron chi connectivity index (χ0n) is 78.3. The molecule has 0 radical (unpaired) electrons. The average Bonchev–Trinajstić information content (AvgIpc) is 1.64. The Morgan fingerprint density at radius 3 is 1.68 bits per heavy atom. The minimum atomic E-state index is -3.90. The molecule has 0 saturated carbocycles. The van der Waals surface area contributed by atoms with Crippen molar-refractivity contribution in [2.75, 3.05) is 43.5 Å². The zero-order chi connectivity index (χ0) is 99.8. The summed E-state index contributed by atoms with van der Waals surface area (Å²) in [4.78, 5) is 51.0. The number of nitrogens with two attached hydrogens (primary N) is 1. The van der Waals surface area contributed by atoms with Crippen LogP contribution in [0.5, 0.6) is 5.75 Å². The number of morpholine rings is 1. The van der Waals surface area contributed by atoms with E-state index >= 15 is 0 Å². The Kier molecular flexibility index (Phi) is 27.1. The molecule has 1 saturated heterocycles. The van der Waals surface area contributed by atoms with Crippen LogP contribution in [-0.4, -0.2) is 172 Å². The Morgan fingerprint density at radius 1 is 0.448 bits per heavy atom. The van der Waals surface area contributed by atoms with Gasteiger partial charge < -0.3 is 33.9 Å². The number of anilines is 2. The number of halogens is 2. The fourth-order valence-corrected chi connectivity index (χ4v) is 20.0. The predicted molar refractivity (Wildman–Crippen MR) is 563 cm³/mol. The van der Waals surface area contributed by atoms with Gasteiger partial charge in [-0.25, -0.2) is 24.6 Å². The van der Waals surface area contributed by atoms with Gasteiger partial charge >= 0.3 is 0 Å². The quantitative estimate of drug-likeness (QED) is 0.0692. The largest absolute Gasteiger partial charge is 0.494 e. The number of hydrogen-bond acceptors (Lipinski definition) is 25. The second-order valence-corrected chi connectivity index (χ2v) is 38.1. The number of nitrogen functional groups attached to an aromatic ring is 1. The summed E-state index contributed by atoms with van der Waals surface area (Å²) >= 11 is 11.9. The van der Waals surface area contributed by atoms with Gasteiger partial charge in [-0.05, 0) is 186 Å². The zero-order valence-corrected chi connectivity index (χ0v) is 81.5. The number of nitrogens with one attached hydrogen (secondary N) is 3. The molecule has 1 aliphatic heterocycles. The lowest BCUT2D eigenvalue weighted by Crippen LogP contribution is -2.36. The van der Waals surface area contributed by atoms with E-state index in [1.165, 1.54) is 18.1 Å². The van der Waals surface area contributed by atoms with Crippen LogP contribution in [0.25, 0.3) is 155 Å². The molecule has 1 aliphatic rings. The van der Waals surface area contributed by atoms with Gasteiger partial charge in [-0.3, -0.25) is 39.5 Å². The number of nitroso groups, excluding NO2 is 1. The molecular formula is C106H88Cl2N28O7S2. The van der Waals surface area contributed by atoms with Crippen molar-refractivity contribution in [2.45, 2.75) is 37.1 Å². The van der Waals surface area contributed by atoms with Gasteiger partial charge in [0.05, 0.1) is 90.6 Å². The summed E-state index contributed by atoms with van der Waals surface area (Å²) in [5.41, 5.74) is 29.8. The molecular weight excluding hydrogens is 1910 g/mol. The predicted octanol–water partition coefficient (Wildman–Crippen LogP) is 20.5. The van der Waals surface area contributed by atoms with Crippen LogP contribution in [0, 0.1) is 18.8 Å². The number of aromatic nitrogens is 25. The van der Waals surface area contributed by atoms with Crippen molar-refractivity contribution in [1.82, 2.24) is 122 Å². The summed E-state index contributed by atoms with van der Waals surface area (Å²) < 4.78 is 75.5. The first-order chi connectivity index (χ1) is 70.6. The van der Waals surface area contributed by atoms with E-state index in [1.54, 1.807) is 138 Å². The van der Waals surface area contributed by atoms with E-state index in [1.807, 2.05) is 219 Å². The van der Waals surface area contributed by atoms with Gasteiger partial charge in [-0.2, -0.15) is 60.7 Å². The second kappa shape index (κ2) is 41.5. The maximum Gasteiger partial charge on any atom is 0.284 e. The molecule has 7 aromatic carbocycles. The van der Waals surface area contributed by atoms with Crippen molar-refractivity contribution in [1.29, 1.82) is 0 Å². The Hall–Kier alpha value is -17.9. The van der Waals surface area contributed by atoms with Crippen molar-refractivity contribution in [3.63, 3.8) is 0 Å². The highest BCUT2D eigenvalue weighted by atomic mass is 35.5. The Morgan fingerprint density at radius 2 is 1.03 bits per heavy atom. The van der Waals surface area contributed by atoms with E-state index in [4.69, 9.17) is 38.4 Å². The Labute approximate surface area is 837 Å². The molecule has 0 atom stereocenters. The maximum absolute atomic E-state index is 13.4. The van der Waals surface area contributed by atoms with Crippen molar-refractivity contribution < 1.29 is 26.3 Å². The number of aromatic amines is 3. The normalized spacial score (nSPS) is 12.0. The molecule has 19 heterocycles. The number of H-pyrrole nitrogens is 3. The highest BCUT2D eigenvalue weighted by Gasteiger charge is 2.26. The van der Waals surface area contributed by atoms with E-state index in [2.05, 4.69) is 131 Å². The number of nitrogens with zero attached hydrogens (tertiary/aromatic N) is 24. The number of rotatable bonds is 15. The van der Waals surface area contributed by atoms with E-state index in [0.29, 0.717) is 56.3 Å². The fraction of sp³-hybridized carbons (Fsp3) is 0.104. The summed E-state index contributed by atoms with van der Waals surface area (Å²) in [5.74, 6) is 0.875. The summed E-state index contributed by atoms with van der Waals surface area (Å²) in [7, 11) is -4.11. The molecule has 26 rings (SSSR count). The fourth-order valence-electron chi connectivity index (χ4n) is 16.7. The van der Waals surface area contributed by atoms with Gasteiger partial charge in [0.2, 0.25) is 0 Å². The van der Waals surface area contributed by atoms with Crippen LogP contribution in [-0.2, 0) is 45.4 Å². The average molecular weight is 2000 g/mol. The van der Waals surface area contributed by atoms with Gasteiger partial charge in [0.1, 0.15) is 61.5 Å². The van der Waals surface area contributed by atoms with Gasteiger partial charge in [-0.1, -0.05) is 114 Å². The number of aryl methyl sites for hydroxylation is 4. The monoisotopic (exact) mass is 2000 g/mol. The van der Waals surface area contributed by atoms with Crippen molar-refractivity contribution >= 4 is 159 Å². The molecule has 35 nitrogen and oxygen atoms in total. The van der Waals surface area contributed by atoms with Crippen LogP contribution in [0.15, 0.2) is 357 Å². The number of hydrogen-bond donors (Lipinski definition) is 4. The molecule has 0 aliphatic carbocycles. The number of fused-ring (bicyclic) bond motifs is 10. The molecule has 5 N–H and O–H groups in total. The first-order valence-electron chi connectivity index (χ1n) is 45.6. The van der Waals surface area contributed by atoms with Gasteiger partial charge in [0, 0.05) is 201 Å². The van der Waals surface area contributed by atoms with Crippen LogP contribution in [0.1, 0.15) is 23.9 Å². The summed E-state index contributed by atoms with van der Waals surface area (Å²) in [6, 6.07) is 68.3. The SMILES string of the molecule is CCOc1cccc(-c2cnc3cn[nH]c3c2)c1.Cc1cnc2ccc(N)cn12.Cc1cnc2ccc(N=O)cn12.Clc1cc(Cl)cc(-c2cnc3cn[nH]c3c2)c1.Cn1cc(-c2cnc3cnn(S(=O)(=O)c4ccc5ccccc5c4)c3c2)cn1.Cn1cc(-c2cnc3cnn(S(=O)(=O)c4cccc5ccccc45)c3c2)cn1.c1cnc2c(c1)cnn2Cc1c[nH]c2ncc(-c3ccc(N4CCOCC4)cc3)cc12. The summed E-state index contributed by atoms with van der Waals surface area (Å²) in [6.45, 7) is 10.7.